The normalized spacial score (nSPS) is 10.6. The van der Waals surface area contributed by atoms with E-state index in [0.717, 1.165) is 12.1 Å². The van der Waals surface area contributed by atoms with Gasteiger partial charge in [-0.25, -0.2) is 8.78 Å². The average molecular weight is 268 g/mol. The highest BCUT2D eigenvalue weighted by Gasteiger charge is 2.24. The van der Waals surface area contributed by atoms with Gasteiger partial charge in [-0.3, -0.25) is 10.1 Å². The summed E-state index contributed by atoms with van der Waals surface area (Å²) in [7, 11) is 0. The van der Waals surface area contributed by atoms with Crippen molar-refractivity contribution >= 4 is 21.6 Å². The predicted molar refractivity (Wildman–Crippen MR) is 47.4 cm³/mol. The Morgan fingerprint density at radius 1 is 1.50 bits per heavy atom. The predicted octanol–water partition coefficient (Wildman–Crippen LogP) is 3.00. The van der Waals surface area contributed by atoms with Crippen molar-refractivity contribution in [2.75, 3.05) is 0 Å². The molecular formula is C7H4BrF2NO3. The summed E-state index contributed by atoms with van der Waals surface area (Å²) in [5.41, 5.74) is -1.27. The Labute approximate surface area is 85.4 Å². The number of hydrogen-bond donors (Lipinski definition) is 1. The number of nitrogens with zero attached hydrogens (tertiary/aromatic N) is 1. The van der Waals surface area contributed by atoms with Crippen molar-refractivity contribution in [3.63, 3.8) is 0 Å². The van der Waals surface area contributed by atoms with E-state index < -0.39 is 32.8 Å². The lowest BCUT2D eigenvalue weighted by Crippen LogP contribution is -1.94. The van der Waals surface area contributed by atoms with Gasteiger partial charge in [0.15, 0.2) is 5.75 Å². The van der Waals surface area contributed by atoms with Crippen LogP contribution in [0.4, 0.5) is 14.5 Å². The fraction of sp³-hybridized carbons (Fsp3) is 0.143. The van der Waals surface area contributed by atoms with Crippen molar-refractivity contribution in [3.05, 3.63) is 32.3 Å². The highest BCUT2D eigenvalue weighted by molar-refractivity contribution is 9.10. The third-order valence-electron chi connectivity index (χ3n) is 1.54. The summed E-state index contributed by atoms with van der Waals surface area (Å²) in [6.07, 6.45) is -2.83. The molecule has 0 atom stereocenters. The molecule has 0 aliphatic carbocycles. The maximum atomic E-state index is 12.3. The van der Waals surface area contributed by atoms with E-state index in [1.165, 1.54) is 0 Å². The molecule has 0 aromatic heterocycles. The molecule has 0 saturated heterocycles. The molecule has 7 heteroatoms. The summed E-state index contributed by atoms with van der Waals surface area (Å²) >= 11 is 2.65. The molecule has 0 amide bonds. The van der Waals surface area contributed by atoms with Gasteiger partial charge < -0.3 is 5.11 Å². The van der Waals surface area contributed by atoms with Crippen LogP contribution >= 0.6 is 15.9 Å². The van der Waals surface area contributed by atoms with Gasteiger partial charge in [-0.05, 0) is 28.1 Å². The third-order valence-corrected chi connectivity index (χ3v) is 2.38. The zero-order chi connectivity index (χ0) is 10.9. The first-order valence-corrected chi connectivity index (χ1v) is 4.18. The minimum Gasteiger partial charge on any atom is -0.502 e. The number of hydrogen-bond acceptors (Lipinski definition) is 3. The molecule has 0 aliphatic rings. The van der Waals surface area contributed by atoms with Gasteiger partial charge in [-0.1, -0.05) is 0 Å². The van der Waals surface area contributed by atoms with Crippen LogP contribution in [0, 0.1) is 10.1 Å². The molecule has 0 heterocycles. The van der Waals surface area contributed by atoms with Crippen molar-refractivity contribution in [3.8, 4) is 5.75 Å². The van der Waals surface area contributed by atoms with Gasteiger partial charge in [0.25, 0.3) is 6.43 Å². The van der Waals surface area contributed by atoms with Crippen LogP contribution in [-0.2, 0) is 0 Å². The quantitative estimate of drug-likeness (QED) is 0.662. The van der Waals surface area contributed by atoms with E-state index in [-0.39, 0.29) is 0 Å². The average Bonchev–Trinajstić information content (AvgIpc) is 2.02. The number of halogens is 3. The van der Waals surface area contributed by atoms with Crippen LogP contribution in [-0.4, -0.2) is 10.0 Å². The van der Waals surface area contributed by atoms with Gasteiger partial charge in [0, 0.05) is 5.56 Å². The van der Waals surface area contributed by atoms with Crippen molar-refractivity contribution in [1.29, 1.82) is 0 Å². The fourth-order valence-corrected chi connectivity index (χ4v) is 1.57. The number of rotatable bonds is 2. The van der Waals surface area contributed by atoms with Gasteiger partial charge in [-0.15, -0.1) is 0 Å². The van der Waals surface area contributed by atoms with Gasteiger partial charge in [0.1, 0.15) is 4.47 Å². The molecule has 1 aromatic rings. The van der Waals surface area contributed by atoms with Crippen molar-refractivity contribution in [2.45, 2.75) is 6.43 Å². The highest BCUT2D eigenvalue weighted by Crippen LogP contribution is 2.39. The monoisotopic (exact) mass is 267 g/mol. The van der Waals surface area contributed by atoms with Gasteiger partial charge in [-0.2, -0.15) is 0 Å². The number of benzene rings is 1. The first kappa shape index (κ1) is 10.8. The summed E-state index contributed by atoms with van der Waals surface area (Å²) in [6.45, 7) is 0. The van der Waals surface area contributed by atoms with E-state index in [9.17, 15) is 18.9 Å². The van der Waals surface area contributed by atoms with Gasteiger partial charge in [0.05, 0.1) is 4.92 Å². The molecular weight excluding hydrogens is 264 g/mol. The molecule has 0 radical (unpaired) electrons. The fourth-order valence-electron chi connectivity index (χ4n) is 0.912. The van der Waals surface area contributed by atoms with Crippen LogP contribution in [0.25, 0.3) is 0 Å². The van der Waals surface area contributed by atoms with E-state index in [2.05, 4.69) is 15.9 Å². The summed E-state index contributed by atoms with van der Waals surface area (Å²) in [5, 5.41) is 19.4. The Hall–Kier alpha value is -1.24. The van der Waals surface area contributed by atoms with Gasteiger partial charge in [0.2, 0.25) is 0 Å². The number of nitro groups is 1. The van der Waals surface area contributed by atoms with E-state index in [1.54, 1.807) is 0 Å². The second-order valence-corrected chi connectivity index (χ2v) is 3.19. The lowest BCUT2D eigenvalue weighted by Gasteiger charge is -2.04. The topological polar surface area (TPSA) is 63.4 Å². The molecule has 0 fully saturated rings. The molecule has 4 nitrogen and oxygen atoms in total. The number of phenols is 1. The summed E-state index contributed by atoms with van der Waals surface area (Å²) in [4.78, 5) is 9.46. The molecule has 1 N–H and O–H groups in total. The maximum absolute atomic E-state index is 12.3. The molecule has 0 spiro atoms. The molecule has 1 rings (SSSR count). The Morgan fingerprint density at radius 3 is 2.50 bits per heavy atom. The number of aromatic hydroxyl groups is 1. The van der Waals surface area contributed by atoms with Crippen LogP contribution in [0.5, 0.6) is 5.75 Å². The van der Waals surface area contributed by atoms with Crippen LogP contribution < -0.4 is 0 Å². The lowest BCUT2D eigenvalue weighted by molar-refractivity contribution is -0.386. The lowest BCUT2D eigenvalue weighted by atomic mass is 10.2. The van der Waals surface area contributed by atoms with Crippen molar-refractivity contribution in [2.24, 2.45) is 0 Å². The maximum Gasteiger partial charge on any atom is 0.325 e. The zero-order valence-electron chi connectivity index (χ0n) is 6.58. The summed E-state index contributed by atoms with van der Waals surface area (Å²) in [6, 6.07) is 1.79. The molecule has 0 unspecified atom stereocenters. The molecule has 76 valence electrons. The summed E-state index contributed by atoms with van der Waals surface area (Å²) < 4.78 is 24.1. The Morgan fingerprint density at radius 2 is 2.07 bits per heavy atom. The van der Waals surface area contributed by atoms with Gasteiger partial charge >= 0.3 is 5.69 Å². The van der Waals surface area contributed by atoms with Crippen LogP contribution in [0.2, 0.25) is 0 Å². The van der Waals surface area contributed by atoms with E-state index >= 15 is 0 Å². The SMILES string of the molecule is O=[N+]([O-])c1c(O)ccc(C(F)F)c1Br. The highest BCUT2D eigenvalue weighted by atomic mass is 79.9. The standard InChI is InChI=1S/C7H4BrF2NO3/c8-5-3(7(9)10)1-2-4(12)6(5)11(13)14/h1-2,7,12H. The smallest absolute Gasteiger partial charge is 0.325 e. The second-order valence-electron chi connectivity index (χ2n) is 2.39. The Kier molecular flexibility index (Phi) is 3.00. The van der Waals surface area contributed by atoms with Crippen LogP contribution in [0.3, 0.4) is 0 Å². The second kappa shape index (κ2) is 3.87. The van der Waals surface area contributed by atoms with Crippen LogP contribution in [0.1, 0.15) is 12.0 Å². The van der Waals surface area contributed by atoms with Crippen LogP contribution in [0.15, 0.2) is 16.6 Å². The number of alkyl halides is 2. The first-order valence-electron chi connectivity index (χ1n) is 3.39. The molecule has 0 saturated carbocycles. The minimum absolute atomic E-state index is 0.391. The van der Waals surface area contributed by atoms with E-state index in [1.807, 2.05) is 0 Å². The van der Waals surface area contributed by atoms with Crippen molar-refractivity contribution in [1.82, 2.24) is 0 Å². The van der Waals surface area contributed by atoms with Crippen molar-refractivity contribution < 1.29 is 18.8 Å². The molecule has 0 aliphatic heterocycles. The molecule has 0 bridgehead atoms. The Balaban J connectivity index is 3.41. The summed E-state index contributed by atoms with van der Waals surface area (Å²) in [5.74, 6) is -0.647. The van der Waals surface area contributed by atoms with E-state index in [0.29, 0.717) is 0 Å². The zero-order valence-corrected chi connectivity index (χ0v) is 8.16. The first-order chi connectivity index (χ1) is 6.45. The Bertz CT molecular complexity index is 383. The minimum atomic E-state index is -2.83. The largest absolute Gasteiger partial charge is 0.502 e. The van der Waals surface area contributed by atoms with E-state index in [4.69, 9.17) is 5.11 Å². The molecule has 14 heavy (non-hydrogen) atoms. The molecule has 1 aromatic carbocycles. The third kappa shape index (κ3) is 1.82. The number of phenolic OH excluding ortho intramolecular Hbond substituents is 1. The number of nitro benzene ring substituents is 1.